The molecule has 1 aliphatic carbocycles. The summed E-state index contributed by atoms with van der Waals surface area (Å²) in [6.45, 7) is 23.8. The Morgan fingerprint density at radius 1 is 0.485 bits per heavy atom. The predicted molar refractivity (Wildman–Crippen MR) is 398 cm³/mol. The maximum atomic E-state index is 13.2. The number of alkyl halides is 3. The van der Waals surface area contributed by atoms with Gasteiger partial charge in [0.15, 0.2) is 0 Å². The highest BCUT2D eigenvalue weighted by Crippen LogP contribution is 2.39. The van der Waals surface area contributed by atoms with Crippen LogP contribution < -0.4 is 18.9 Å². The van der Waals surface area contributed by atoms with E-state index in [2.05, 4.69) is 133 Å². The summed E-state index contributed by atoms with van der Waals surface area (Å²) < 4.78 is 68.6. The fourth-order valence-corrected chi connectivity index (χ4v) is 13.2. The van der Waals surface area contributed by atoms with Crippen molar-refractivity contribution in [1.29, 1.82) is 0 Å². The van der Waals surface area contributed by atoms with Gasteiger partial charge in [-0.3, -0.25) is 25.2 Å². The van der Waals surface area contributed by atoms with E-state index in [1.165, 1.54) is 105 Å². The van der Waals surface area contributed by atoms with Gasteiger partial charge in [-0.1, -0.05) is 78.4 Å². The van der Waals surface area contributed by atoms with Crippen molar-refractivity contribution in [3.8, 4) is 28.7 Å². The molecule has 12 rings (SSSR count). The van der Waals surface area contributed by atoms with Crippen molar-refractivity contribution in [1.82, 2.24) is 65.3 Å². The van der Waals surface area contributed by atoms with Gasteiger partial charge in [-0.15, -0.1) is 0 Å². The number of unbranched alkanes of at least 4 members (excludes halogenated alkanes) is 4. The Morgan fingerprint density at radius 3 is 1.18 bits per heavy atom. The largest absolute Gasteiger partial charge is 0.493 e. The Labute approximate surface area is 595 Å². The number of hydrogen-bond donors (Lipinski definition) is 4. The van der Waals surface area contributed by atoms with Crippen LogP contribution in [0.4, 0.5) is 13.2 Å². The number of aromatic nitrogens is 8. The summed E-state index contributed by atoms with van der Waals surface area (Å²) in [5.41, 5.74) is 7.38. The number of carbonyl (C=O) groups is 1. The van der Waals surface area contributed by atoms with E-state index in [4.69, 9.17) is 23.7 Å². The molecule has 19 nitrogen and oxygen atoms in total. The normalized spacial score (nSPS) is 14.8. The van der Waals surface area contributed by atoms with E-state index in [1.54, 1.807) is 25.1 Å². The molecule has 101 heavy (non-hydrogen) atoms. The van der Waals surface area contributed by atoms with Gasteiger partial charge in [-0.25, -0.2) is 0 Å². The molecule has 0 spiro atoms. The molecule has 4 N–H and O–H groups in total. The van der Waals surface area contributed by atoms with Crippen molar-refractivity contribution >= 4 is 49.5 Å². The number of piperidine rings is 1. The van der Waals surface area contributed by atoms with Crippen LogP contribution in [-0.2, 0) is 41.9 Å². The minimum Gasteiger partial charge on any atom is -0.493 e. The number of likely N-dealkylation sites (tertiary alicyclic amines) is 1. The number of nitrogens with zero attached hydrogens (tertiary/aromatic N) is 9. The van der Waals surface area contributed by atoms with Crippen LogP contribution in [0.1, 0.15) is 166 Å². The number of carbonyl (C=O) groups excluding carboxylic acids is 1. The lowest BCUT2D eigenvalue weighted by atomic mass is 9.98. The lowest BCUT2D eigenvalue weighted by Crippen LogP contribution is -2.38. The number of para-hydroxylation sites is 1. The van der Waals surface area contributed by atoms with E-state index in [1.807, 2.05) is 42.3 Å². The third-order valence-electron chi connectivity index (χ3n) is 19.5. The molecular weight excluding hydrogens is 1280 g/mol. The highest BCUT2D eigenvalue weighted by atomic mass is 19.4. The average Bonchev–Trinajstić information content (AvgIpc) is 1.78. The van der Waals surface area contributed by atoms with Crippen molar-refractivity contribution < 1.29 is 41.7 Å². The molecule has 9 aromatic rings. The zero-order valence-corrected chi connectivity index (χ0v) is 61.5. The van der Waals surface area contributed by atoms with Gasteiger partial charge >= 0.3 is 6.18 Å². The highest BCUT2D eigenvalue weighted by Gasteiger charge is 2.34. The van der Waals surface area contributed by atoms with Gasteiger partial charge in [-0.2, -0.15) is 33.6 Å². The molecule has 3 aliphatic rings. The van der Waals surface area contributed by atoms with Crippen LogP contribution >= 0.6 is 0 Å². The van der Waals surface area contributed by atoms with Crippen LogP contribution in [-0.4, -0.2) is 172 Å². The molecule has 6 heterocycles. The smallest absolute Gasteiger partial charge is 0.419 e. The lowest BCUT2D eigenvalue weighted by Gasteiger charge is -2.31. The molecule has 0 radical (unpaired) electrons. The lowest BCUT2D eigenvalue weighted by molar-refractivity contribution is -0.138. The molecule has 2 aliphatic heterocycles. The van der Waals surface area contributed by atoms with E-state index in [9.17, 15) is 18.0 Å². The third kappa shape index (κ3) is 23.9. The van der Waals surface area contributed by atoms with Crippen LogP contribution in [0, 0.1) is 17.8 Å². The molecule has 0 unspecified atom stereocenters. The van der Waals surface area contributed by atoms with Crippen LogP contribution in [0.5, 0.6) is 28.7 Å². The Balaban J connectivity index is 0.000000157. The second-order valence-electron chi connectivity index (χ2n) is 28.1. The topological polar surface area (TPSA) is 194 Å². The molecule has 1 amide bonds. The molecule has 550 valence electrons. The van der Waals surface area contributed by atoms with Gasteiger partial charge in [0.05, 0.1) is 70.2 Å². The van der Waals surface area contributed by atoms with Crippen molar-refractivity contribution in [2.45, 2.75) is 170 Å². The van der Waals surface area contributed by atoms with Crippen molar-refractivity contribution in [2.75, 3.05) is 100 Å². The zero-order valence-electron chi connectivity index (χ0n) is 61.5. The summed E-state index contributed by atoms with van der Waals surface area (Å²) in [5.74, 6) is 4.99. The number of hydrogen-bond acceptors (Lipinski definition) is 14. The number of ether oxygens (including phenoxy) is 5. The first-order valence-corrected chi connectivity index (χ1v) is 37.1. The standard InChI is InChI=1S/C21H32N4O2.C20H22F3N3O.C19H29N3O2.C19H29N3O/c1-4-5-10-24(3)14-21-19-13-18(6-7-20(19)22-23-21)27-15-17-8-11-25(12-9-17)16(2)26;1-3-4-11-26(2)13-18-15-12-14(9-10-17(15)24-25-18)27-19-8-6-5-7-16(19)20(21,22)23;1-3-4-9-22(2)13-19-17-12-16(5-6-18(17)20-21-19)24-14-15-7-10-23-11-8-15;1-3-4-11-22(2)13-19-17-12-16(9-10-18(17)20-21-19)23-14-15-7-5-6-8-15/h6-7,13,17H,4-5,8-12,14-15H2,1-3H3,(H,22,23);5-10,12H,3-4,11,13H2,1-2H3,(H,24,25);5-6,12,15H,3-4,7-11,13-14H2,1-2H3,(H,20,21);9-10,12,15H,3-8,11,13-14H2,1-2H3,(H,20,21). The van der Waals surface area contributed by atoms with Crippen molar-refractivity contribution in [3.63, 3.8) is 0 Å². The Hall–Kier alpha value is -7.76. The van der Waals surface area contributed by atoms with Crippen molar-refractivity contribution in [2.24, 2.45) is 17.8 Å². The number of H-pyrrole nitrogens is 4. The average molecular weight is 1400 g/mol. The Bertz CT molecular complexity index is 3900. The first kappa shape index (κ1) is 77.4. The minimum absolute atomic E-state index is 0.177. The first-order valence-electron chi connectivity index (χ1n) is 37.1. The fourth-order valence-electron chi connectivity index (χ4n) is 13.2. The number of benzene rings is 5. The summed E-state index contributed by atoms with van der Waals surface area (Å²) in [6, 6.07) is 28.9. The van der Waals surface area contributed by atoms with E-state index in [0.29, 0.717) is 30.7 Å². The second-order valence-corrected chi connectivity index (χ2v) is 28.1. The number of amides is 1. The Morgan fingerprint density at radius 2 is 0.822 bits per heavy atom. The minimum atomic E-state index is -4.47. The number of fused-ring (bicyclic) bond motifs is 4. The number of rotatable bonds is 31. The fraction of sp³-hybridized carbons (Fsp3) is 0.557. The molecule has 2 saturated heterocycles. The van der Waals surface area contributed by atoms with Crippen LogP contribution in [0.2, 0.25) is 0 Å². The monoisotopic (exact) mass is 1400 g/mol. The number of nitrogens with one attached hydrogen (secondary N) is 4. The van der Waals surface area contributed by atoms with Gasteiger partial charge in [0.2, 0.25) is 5.91 Å². The van der Waals surface area contributed by atoms with Crippen LogP contribution in [0.25, 0.3) is 43.6 Å². The second kappa shape index (κ2) is 39.6. The maximum Gasteiger partial charge on any atom is 0.419 e. The maximum absolute atomic E-state index is 13.2. The van der Waals surface area contributed by atoms with E-state index in [0.717, 1.165) is 197 Å². The van der Waals surface area contributed by atoms with E-state index in [-0.39, 0.29) is 11.7 Å². The van der Waals surface area contributed by atoms with Crippen LogP contribution in [0.3, 0.4) is 0 Å². The zero-order chi connectivity index (χ0) is 71.5. The van der Waals surface area contributed by atoms with Crippen molar-refractivity contribution in [3.05, 3.63) is 125 Å². The summed E-state index contributed by atoms with van der Waals surface area (Å²) in [7, 11) is 8.51. The van der Waals surface area contributed by atoms with E-state index < -0.39 is 11.7 Å². The molecule has 0 atom stereocenters. The van der Waals surface area contributed by atoms with Crippen LogP contribution in [0.15, 0.2) is 97.1 Å². The van der Waals surface area contributed by atoms with Gasteiger partial charge in [0.25, 0.3) is 0 Å². The molecule has 4 aromatic heterocycles. The third-order valence-corrected chi connectivity index (χ3v) is 19.5. The predicted octanol–water partition coefficient (Wildman–Crippen LogP) is 17.0. The van der Waals surface area contributed by atoms with Gasteiger partial charge in [-0.05, 0) is 221 Å². The van der Waals surface area contributed by atoms with Gasteiger partial charge in [0.1, 0.15) is 28.7 Å². The molecular formula is C79H112F3N13O6. The van der Waals surface area contributed by atoms with Gasteiger partial charge < -0.3 is 48.2 Å². The molecule has 22 heteroatoms. The highest BCUT2D eigenvalue weighted by molar-refractivity contribution is 5.85. The SMILES string of the molecule is CCCCN(C)Cc1[nH]nc2ccc(OCC3CCCC3)cc12.CCCCN(C)Cc1[nH]nc2ccc(OCC3CCN(C(C)=O)CC3)cc12.CCCCN(C)Cc1[nH]nc2ccc(OCC3CCOCC3)cc12.CCCCN(C)Cc1[nH]nc2ccc(Oc3ccccc3C(F)(F)F)cc12. The molecule has 5 aromatic carbocycles. The number of aromatic amines is 4. The summed E-state index contributed by atoms with van der Waals surface area (Å²) in [4.78, 5) is 22.6. The summed E-state index contributed by atoms with van der Waals surface area (Å²) in [5, 5.41) is 34.5. The summed E-state index contributed by atoms with van der Waals surface area (Å²) >= 11 is 0. The molecule has 0 bridgehead atoms. The van der Waals surface area contributed by atoms with Gasteiger partial charge in [0, 0.05) is 81.0 Å². The molecule has 3 fully saturated rings. The first-order chi connectivity index (χ1) is 49.0. The summed E-state index contributed by atoms with van der Waals surface area (Å²) in [6.07, 6.45) is 14.7. The number of halogens is 3. The quantitative estimate of drug-likeness (QED) is 0.0320. The molecule has 1 saturated carbocycles. The van der Waals surface area contributed by atoms with E-state index >= 15 is 0 Å². The Kier molecular flexibility index (Phi) is 30.4.